The fourth-order valence-electron chi connectivity index (χ4n) is 2.17. The van der Waals surface area contributed by atoms with E-state index in [1.54, 1.807) is 0 Å². The van der Waals surface area contributed by atoms with Crippen molar-refractivity contribution in [3.05, 3.63) is 0 Å². The summed E-state index contributed by atoms with van der Waals surface area (Å²) < 4.78 is 5.72. The van der Waals surface area contributed by atoms with E-state index in [0.717, 1.165) is 26.1 Å². The molecule has 1 heterocycles. The van der Waals surface area contributed by atoms with E-state index in [0.29, 0.717) is 12.1 Å². The van der Waals surface area contributed by atoms with E-state index in [9.17, 15) is 0 Å². The van der Waals surface area contributed by atoms with Gasteiger partial charge in [-0.25, -0.2) is 0 Å². The van der Waals surface area contributed by atoms with Gasteiger partial charge in [0.1, 0.15) is 0 Å². The highest BCUT2D eigenvalue weighted by molar-refractivity contribution is 4.77. The fourth-order valence-corrected chi connectivity index (χ4v) is 2.17. The van der Waals surface area contributed by atoms with Crippen LogP contribution in [0.2, 0.25) is 0 Å². The van der Waals surface area contributed by atoms with Gasteiger partial charge in [0.05, 0.1) is 6.10 Å². The normalized spacial score (nSPS) is 28.3. The maximum atomic E-state index is 5.72. The molecule has 0 amide bonds. The van der Waals surface area contributed by atoms with Crippen LogP contribution in [0.25, 0.3) is 0 Å². The number of hydrogen-bond donors (Lipinski definition) is 1. The Hall–Kier alpha value is -0.120. The van der Waals surface area contributed by atoms with Crippen molar-refractivity contribution in [2.24, 2.45) is 5.73 Å². The number of ether oxygens (including phenoxy) is 1. The summed E-state index contributed by atoms with van der Waals surface area (Å²) in [7, 11) is 2.17. The minimum Gasteiger partial charge on any atom is -0.378 e. The first-order valence-corrected chi connectivity index (χ1v) is 5.79. The first-order chi connectivity index (χ1) is 6.77. The highest BCUT2D eigenvalue weighted by atomic mass is 16.5. The summed E-state index contributed by atoms with van der Waals surface area (Å²) in [6.45, 7) is 4.90. The molecule has 0 aromatic heterocycles. The minimum atomic E-state index is 0.485. The maximum Gasteiger partial charge on any atom is 0.0590 e. The fraction of sp³-hybridized carbons (Fsp3) is 1.00. The van der Waals surface area contributed by atoms with Crippen molar-refractivity contribution in [3.8, 4) is 0 Å². The van der Waals surface area contributed by atoms with E-state index in [1.807, 2.05) is 0 Å². The molecule has 3 nitrogen and oxygen atoms in total. The van der Waals surface area contributed by atoms with Gasteiger partial charge in [-0.3, -0.25) is 0 Å². The molecule has 0 bridgehead atoms. The van der Waals surface area contributed by atoms with Crippen LogP contribution >= 0.6 is 0 Å². The lowest BCUT2D eigenvalue weighted by molar-refractivity contribution is -0.0252. The average Bonchev–Trinajstić information content (AvgIpc) is 2.19. The molecule has 1 aliphatic rings. The van der Waals surface area contributed by atoms with E-state index >= 15 is 0 Å². The van der Waals surface area contributed by atoms with Gasteiger partial charge in [0.15, 0.2) is 0 Å². The van der Waals surface area contributed by atoms with E-state index in [4.69, 9.17) is 10.5 Å². The molecule has 1 fully saturated rings. The van der Waals surface area contributed by atoms with Crippen molar-refractivity contribution in [3.63, 3.8) is 0 Å². The SMILES string of the molecule is CCCC1CC(N(C)CCN)CCO1. The molecular weight excluding hydrogens is 176 g/mol. The van der Waals surface area contributed by atoms with Gasteiger partial charge < -0.3 is 15.4 Å². The summed E-state index contributed by atoms with van der Waals surface area (Å²) in [6, 6.07) is 0.684. The molecule has 1 rings (SSSR count). The predicted molar refractivity (Wildman–Crippen MR) is 59.4 cm³/mol. The van der Waals surface area contributed by atoms with E-state index in [-0.39, 0.29) is 0 Å². The molecule has 0 saturated carbocycles. The number of nitrogens with two attached hydrogens (primary N) is 1. The summed E-state index contributed by atoms with van der Waals surface area (Å²) >= 11 is 0. The van der Waals surface area contributed by atoms with Crippen molar-refractivity contribution in [2.75, 3.05) is 26.7 Å². The Bertz CT molecular complexity index is 146. The summed E-state index contributed by atoms with van der Waals surface area (Å²) in [6.07, 6.45) is 5.26. The molecule has 0 spiro atoms. The third kappa shape index (κ3) is 3.56. The second-order valence-electron chi connectivity index (χ2n) is 4.23. The molecule has 0 radical (unpaired) electrons. The molecule has 0 aromatic carbocycles. The quantitative estimate of drug-likeness (QED) is 0.725. The molecule has 1 aliphatic heterocycles. The molecule has 1 saturated heterocycles. The molecule has 84 valence electrons. The summed E-state index contributed by atoms with van der Waals surface area (Å²) in [4.78, 5) is 2.38. The monoisotopic (exact) mass is 200 g/mol. The van der Waals surface area contributed by atoms with Gasteiger partial charge in [-0.05, 0) is 26.3 Å². The predicted octanol–water partition coefficient (Wildman–Crippen LogP) is 1.22. The average molecular weight is 200 g/mol. The van der Waals surface area contributed by atoms with Gasteiger partial charge >= 0.3 is 0 Å². The largest absolute Gasteiger partial charge is 0.378 e. The van der Waals surface area contributed by atoms with Crippen LogP contribution in [0.3, 0.4) is 0 Å². The maximum absolute atomic E-state index is 5.72. The Kier molecular flexibility index (Phi) is 5.45. The van der Waals surface area contributed by atoms with Crippen molar-refractivity contribution in [2.45, 2.75) is 44.8 Å². The van der Waals surface area contributed by atoms with Crippen LogP contribution in [0.1, 0.15) is 32.6 Å². The van der Waals surface area contributed by atoms with Gasteiger partial charge in [-0.1, -0.05) is 13.3 Å². The summed E-state index contributed by atoms with van der Waals surface area (Å²) in [5, 5.41) is 0. The van der Waals surface area contributed by atoms with E-state index < -0.39 is 0 Å². The van der Waals surface area contributed by atoms with Crippen LogP contribution in [-0.4, -0.2) is 43.8 Å². The lowest BCUT2D eigenvalue weighted by Gasteiger charge is -2.35. The Labute approximate surface area is 87.6 Å². The number of hydrogen-bond acceptors (Lipinski definition) is 3. The first kappa shape index (κ1) is 12.0. The first-order valence-electron chi connectivity index (χ1n) is 5.79. The molecule has 3 heteroatoms. The van der Waals surface area contributed by atoms with Crippen LogP contribution in [0.15, 0.2) is 0 Å². The smallest absolute Gasteiger partial charge is 0.0590 e. The standard InChI is InChI=1S/C11H24N2O/c1-3-4-11-9-10(5-8-14-11)13(2)7-6-12/h10-11H,3-9,12H2,1-2H3. The Balaban J connectivity index is 2.31. The van der Waals surface area contributed by atoms with Crippen molar-refractivity contribution >= 4 is 0 Å². The molecule has 2 unspecified atom stereocenters. The van der Waals surface area contributed by atoms with Gasteiger partial charge in [0, 0.05) is 25.7 Å². The molecule has 2 atom stereocenters. The zero-order chi connectivity index (χ0) is 10.4. The van der Waals surface area contributed by atoms with Gasteiger partial charge in [0.2, 0.25) is 0 Å². The van der Waals surface area contributed by atoms with E-state index in [2.05, 4.69) is 18.9 Å². The van der Waals surface area contributed by atoms with Crippen molar-refractivity contribution in [1.29, 1.82) is 0 Å². The van der Waals surface area contributed by atoms with Crippen LogP contribution in [-0.2, 0) is 4.74 Å². The van der Waals surface area contributed by atoms with Crippen molar-refractivity contribution < 1.29 is 4.74 Å². The van der Waals surface area contributed by atoms with Gasteiger partial charge in [-0.2, -0.15) is 0 Å². The third-order valence-electron chi connectivity index (χ3n) is 3.06. The van der Waals surface area contributed by atoms with Crippen LogP contribution in [0, 0.1) is 0 Å². The van der Waals surface area contributed by atoms with Crippen LogP contribution in [0.4, 0.5) is 0 Å². The minimum absolute atomic E-state index is 0.485. The van der Waals surface area contributed by atoms with Gasteiger partial charge in [-0.15, -0.1) is 0 Å². The Morgan fingerprint density at radius 3 is 2.93 bits per heavy atom. The number of rotatable bonds is 5. The molecule has 2 N–H and O–H groups in total. The lowest BCUT2D eigenvalue weighted by atomic mass is 9.99. The molecule has 14 heavy (non-hydrogen) atoms. The van der Waals surface area contributed by atoms with Crippen molar-refractivity contribution in [1.82, 2.24) is 4.90 Å². The van der Waals surface area contributed by atoms with Crippen LogP contribution in [0.5, 0.6) is 0 Å². The number of nitrogens with zero attached hydrogens (tertiary/aromatic N) is 1. The Morgan fingerprint density at radius 2 is 2.29 bits per heavy atom. The van der Waals surface area contributed by atoms with Gasteiger partial charge in [0.25, 0.3) is 0 Å². The molecule has 0 aliphatic carbocycles. The van der Waals surface area contributed by atoms with E-state index in [1.165, 1.54) is 19.3 Å². The topological polar surface area (TPSA) is 38.5 Å². The highest BCUT2D eigenvalue weighted by Gasteiger charge is 2.24. The summed E-state index contributed by atoms with van der Waals surface area (Å²) in [5.41, 5.74) is 5.56. The third-order valence-corrected chi connectivity index (χ3v) is 3.06. The number of likely N-dealkylation sites (N-methyl/N-ethyl adjacent to an activating group) is 1. The zero-order valence-electron chi connectivity index (χ0n) is 9.54. The van der Waals surface area contributed by atoms with Crippen LogP contribution < -0.4 is 5.73 Å². The second-order valence-corrected chi connectivity index (χ2v) is 4.23. The lowest BCUT2D eigenvalue weighted by Crippen LogP contribution is -2.42. The Morgan fingerprint density at radius 1 is 1.50 bits per heavy atom. The molecular formula is C11H24N2O. The second kappa shape index (κ2) is 6.38. The highest BCUT2D eigenvalue weighted by Crippen LogP contribution is 2.20. The summed E-state index contributed by atoms with van der Waals surface area (Å²) in [5.74, 6) is 0. The molecule has 0 aromatic rings. The zero-order valence-corrected chi connectivity index (χ0v) is 9.54.